The first-order valence-corrected chi connectivity index (χ1v) is 7.88. The lowest BCUT2D eigenvalue weighted by Gasteiger charge is -2.12. The van der Waals surface area contributed by atoms with Gasteiger partial charge in [-0.2, -0.15) is 13.2 Å². The molecule has 0 heterocycles. The molecule has 1 aromatic carbocycles. The standard InChI is InChI=1S/C17H21F3N2O3/c1-3-5-10-25-15(23)9-6-12-11-13(17(18,19)20)7-8-14(12)22-16(24)21-4-2/h6-9,11H,3-5,10H2,1-2H3,(H2,21,22,24)/b9-6+. The molecular formula is C17H21F3N2O3. The summed E-state index contributed by atoms with van der Waals surface area (Å²) in [4.78, 5) is 23.2. The lowest BCUT2D eigenvalue weighted by molar-refractivity contribution is -0.138. The van der Waals surface area contributed by atoms with Gasteiger partial charge in [0.2, 0.25) is 0 Å². The molecule has 2 N–H and O–H groups in total. The Hall–Kier alpha value is -2.51. The number of esters is 1. The highest BCUT2D eigenvalue weighted by atomic mass is 19.4. The van der Waals surface area contributed by atoms with E-state index >= 15 is 0 Å². The zero-order valence-corrected chi connectivity index (χ0v) is 14.1. The van der Waals surface area contributed by atoms with Crippen LogP contribution in [0.4, 0.5) is 23.7 Å². The third kappa shape index (κ3) is 7.28. The minimum absolute atomic E-state index is 0.0496. The Morgan fingerprint density at radius 1 is 1.24 bits per heavy atom. The monoisotopic (exact) mass is 358 g/mol. The maximum atomic E-state index is 12.9. The van der Waals surface area contributed by atoms with Gasteiger partial charge in [0, 0.05) is 18.3 Å². The number of hydrogen-bond acceptors (Lipinski definition) is 3. The van der Waals surface area contributed by atoms with Gasteiger partial charge in [-0.3, -0.25) is 0 Å². The summed E-state index contributed by atoms with van der Waals surface area (Å²) >= 11 is 0. The maximum Gasteiger partial charge on any atom is 0.416 e. The molecule has 0 aliphatic carbocycles. The number of benzene rings is 1. The van der Waals surface area contributed by atoms with Gasteiger partial charge in [-0.15, -0.1) is 0 Å². The smallest absolute Gasteiger partial charge is 0.416 e. The van der Waals surface area contributed by atoms with Crippen molar-refractivity contribution in [2.24, 2.45) is 0 Å². The second-order valence-electron chi connectivity index (χ2n) is 5.14. The number of halogens is 3. The fourth-order valence-electron chi connectivity index (χ4n) is 1.84. The van der Waals surface area contributed by atoms with Crippen LogP contribution < -0.4 is 10.6 Å². The molecule has 0 saturated carbocycles. The highest BCUT2D eigenvalue weighted by molar-refractivity contribution is 5.94. The second kappa shape index (κ2) is 9.71. The Kier molecular flexibility index (Phi) is 7.97. The normalized spacial score (nSPS) is 11.4. The number of urea groups is 1. The van der Waals surface area contributed by atoms with E-state index in [0.717, 1.165) is 30.7 Å². The topological polar surface area (TPSA) is 67.4 Å². The maximum absolute atomic E-state index is 12.9. The summed E-state index contributed by atoms with van der Waals surface area (Å²) in [6.45, 7) is 4.25. The molecular weight excluding hydrogens is 337 g/mol. The molecule has 0 bridgehead atoms. The zero-order valence-electron chi connectivity index (χ0n) is 14.1. The SMILES string of the molecule is CCCCOC(=O)/C=C/c1cc(C(F)(F)F)ccc1NC(=O)NCC. The average Bonchev–Trinajstić information content (AvgIpc) is 2.53. The van der Waals surface area contributed by atoms with Gasteiger partial charge in [-0.05, 0) is 43.2 Å². The fraction of sp³-hybridized carbons (Fsp3) is 0.412. The Morgan fingerprint density at radius 2 is 1.96 bits per heavy atom. The van der Waals surface area contributed by atoms with Gasteiger partial charge < -0.3 is 15.4 Å². The van der Waals surface area contributed by atoms with E-state index in [1.807, 2.05) is 6.92 Å². The van der Waals surface area contributed by atoms with Gasteiger partial charge >= 0.3 is 18.2 Å². The quantitative estimate of drug-likeness (QED) is 0.436. The van der Waals surface area contributed by atoms with E-state index in [-0.39, 0.29) is 17.9 Å². The number of ether oxygens (including phenoxy) is 1. The number of carbonyl (C=O) groups excluding carboxylic acids is 2. The summed E-state index contributed by atoms with van der Waals surface area (Å²) in [5.74, 6) is -0.658. The van der Waals surface area contributed by atoms with Crippen LogP contribution in [0.1, 0.15) is 37.8 Å². The Balaban J connectivity index is 3.01. The molecule has 0 unspecified atom stereocenters. The van der Waals surface area contributed by atoms with Crippen LogP contribution in [0.5, 0.6) is 0 Å². The summed E-state index contributed by atoms with van der Waals surface area (Å²) in [5.41, 5.74) is -0.682. The molecule has 0 aliphatic heterocycles. The summed E-state index contributed by atoms with van der Waals surface area (Å²) < 4.78 is 43.5. The first-order valence-electron chi connectivity index (χ1n) is 7.88. The Bertz CT molecular complexity index is 628. The van der Waals surface area contributed by atoms with E-state index in [9.17, 15) is 22.8 Å². The van der Waals surface area contributed by atoms with Gasteiger partial charge in [0.15, 0.2) is 0 Å². The predicted octanol–water partition coefficient (Wildman–Crippen LogP) is 4.20. The zero-order chi connectivity index (χ0) is 18.9. The predicted molar refractivity (Wildman–Crippen MR) is 89.0 cm³/mol. The number of rotatable bonds is 7. The first-order chi connectivity index (χ1) is 11.8. The van der Waals surface area contributed by atoms with Crippen molar-refractivity contribution in [3.63, 3.8) is 0 Å². The number of unbranched alkanes of at least 4 members (excludes halogenated alkanes) is 1. The first kappa shape index (κ1) is 20.5. The highest BCUT2D eigenvalue weighted by Crippen LogP contribution is 2.32. The van der Waals surface area contributed by atoms with Gasteiger partial charge in [0.1, 0.15) is 0 Å². The number of alkyl halides is 3. The van der Waals surface area contributed by atoms with Crippen LogP contribution in [0, 0.1) is 0 Å². The largest absolute Gasteiger partial charge is 0.463 e. The summed E-state index contributed by atoms with van der Waals surface area (Å²) in [6.07, 6.45) is -0.758. The van der Waals surface area contributed by atoms with Crippen molar-refractivity contribution in [1.82, 2.24) is 5.32 Å². The molecule has 8 heteroatoms. The van der Waals surface area contributed by atoms with E-state index in [1.54, 1.807) is 6.92 Å². The van der Waals surface area contributed by atoms with Gasteiger partial charge in [0.05, 0.1) is 12.2 Å². The van der Waals surface area contributed by atoms with Crippen molar-refractivity contribution in [2.45, 2.75) is 32.9 Å². The molecule has 138 valence electrons. The van der Waals surface area contributed by atoms with E-state index in [0.29, 0.717) is 13.0 Å². The van der Waals surface area contributed by atoms with Crippen LogP contribution in [0.15, 0.2) is 24.3 Å². The summed E-state index contributed by atoms with van der Waals surface area (Å²) in [7, 11) is 0. The Morgan fingerprint density at radius 3 is 2.56 bits per heavy atom. The summed E-state index contributed by atoms with van der Waals surface area (Å²) in [6, 6.07) is 2.30. The highest BCUT2D eigenvalue weighted by Gasteiger charge is 2.30. The van der Waals surface area contributed by atoms with Crippen LogP contribution in [0.3, 0.4) is 0 Å². The van der Waals surface area contributed by atoms with Crippen LogP contribution >= 0.6 is 0 Å². The van der Waals surface area contributed by atoms with E-state index in [4.69, 9.17) is 4.74 Å². The number of nitrogens with one attached hydrogen (secondary N) is 2. The molecule has 0 aliphatic rings. The van der Waals surface area contributed by atoms with Crippen molar-refractivity contribution in [3.05, 3.63) is 35.4 Å². The molecule has 0 atom stereocenters. The van der Waals surface area contributed by atoms with Crippen LogP contribution in [0.25, 0.3) is 6.08 Å². The number of amides is 2. The van der Waals surface area contributed by atoms with Crippen molar-refractivity contribution in [1.29, 1.82) is 0 Å². The number of carbonyl (C=O) groups is 2. The number of anilines is 1. The molecule has 2 amide bonds. The average molecular weight is 358 g/mol. The van der Waals surface area contributed by atoms with Crippen molar-refractivity contribution in [3.8, 4) is 0 Å². The van der Waals surface area contributed by atoms with Crippen molar-refractivity contribution >= 4 is 23.8 Å². The fourth-order valence-corrected chi connectivity index (χ4v) is 1.84. The van der Waals surface area contributed by atoms with Crippen molar-refractivity contribution in [2.75, 3.05) is 18.5 Å². The second-order valence-corrected chi connectivity index (χ2v) is 5.14. The molecule has 25 heavy (non-hydrogen) atoms. The van der Waals surface area contributed by atoms with Crippen LogP contribution in [-0.2, 0) is 15.7 Å². The molecule has 0 fully saturated rings. The van der Waals surface area contributed by atoms with E-state index in [2.05, 4.69) is 10.6 Å². The molecule has 1 aromatic rings. The third-order valence-electron chi connectivity index (χ3n) is 3.11. The van der Waals surface area contributed by atoms with Gasteiger partial charge in [-0.25, -0.2) is 9.59 Å². The van der Waals surface area contributed by atoms with Crippen LogP contribution in [0.2, 0.25) is 0 Å². The molecule has 5 nitrogen and oxygen atoms in total. The lowest BCUT2D eigenvalue weighted by atomic mass is 10.1. The Labute approximate surface area is 144 Å². The summed E-state index contributed by atoms with van der Waals surface area (Å²) in [5, 5.41) is 4.92. The molecule has 0 saturated heterocycles. The minimum atomic E-state index is -4.53. The number of hydrogen-bond donors (Lipinski definition) is 2. The molecule has 0 radical (unpaired) electrons. The lowest BCUT2D eigenvalue weighted by Crippen LogP contribution is -2.28. The van der Waals surface area contributed by atoms with Gasteiger partial charge in [0.25, 0.3) is 0 Å². The van der Waals surface area contributed by atoms with Gasteiger partial charge in [-0.1, -0.05) is 13.3 Å². The molecule has 0 spiro atoms. The van der Waals surface area contributed by atoms with E-state index in [1.165, 1.54) is 6.08 Å². The minimum Gasteiger partial charge on any atom is -0.463 e. The molecule has 0 aromatic heterocycles. The molecule has 1 rings (SSSR count). The van der Waals surface area contributed by atoms with Crippen molar-refractivity contribution < 1.29 is 27.5 Å². The van der Waals surface area contributed by atoms with Crippen LogP contribution in [-0.4, -0.2) is 25.2 Å². The third-order valence-corrected chi connectivity index (χ3v) is 3.11. The van der Waals surface area contributed by atoms with E-state index < -0.39 is 23.7 Å².